The van der Waals surface area contributed by atoms with Gasteiger partial charge in [-0.3, -0.25) is 0 Å². The van der Waals surface area contributed by atoms with Crippen LogP contribution >= 0.6 is 11.6 Å². The van der Waals surface area contributed by atoms with E-state index < -0.39 is 10.2 Å². The molecule has 1 atom stereocenters. The maximum Gasteiger partial charge on any atom is 0.279 e. The second-order valence-electron chi connectivity index (χ2n) is 3.54. The molecule has 1 N–H and O–H groups in total. The fraction of sp³-hybridized carbons (Fsp3) is 1.00. The predicted molar refractivity (Wildman–Crippen MR) is 57.7 cm³/mol. The SMILES string of the molecule is CC1CCCCN1S(=O)(=O)NCCCl. The van der Waals surface area contributed by atoms with Gasteiger partial charge in [0.15, 0.2) is 0 Å². The molecule has 1 heterocycles. The summed E-state index contributed by atoms with van der Waals surface area (Å²) in [6, 6.07) is 0.108. The second-order valence-corrected chi connectivity index (χ2v) is 5.63. The first-order valence-electron chi connectivity index (χ1n) is 4.90. The molecule has 1 rings (SSSR count). The average Bonchev–Trinajstić information content (AvgIpc) is 2.15. The van der Waals surface area contributed by atoms with Crippen LogP contribution in [0.5, 0.6) is 0 Å². The quantitative estimate of drug-likeness (QED) is 0.744. The van der Waals surface area contributed by atoms with Gasteiger partial charge in [-0.15, -0.1) is 11.6 Å². The zero-order valence-electron chi connectivity index (χ0n) is 8.37. The number of piperidine rings is 1. The summed E-state index contributed by atoms with van der Waals surface area (Å²) in [7, 11) is -3.30. The molecule has 0 amide bonds. The molecule has 1 aliphatic rings. The molecule has 0 radical (unpaired) electrons. The van der Waals surface area contributed by atoms with E-state index in [2.05, 4.69) is 4.72 Å². The van der Waals surface area contributed by atoms with Crippen molar-refractivity contribution in [3.05, 3.63) is 0 Å². The largest absolute Gasteiger partial charge is 0.279 e. The summed E-state index contributed by atoms with van der Waals surface area (Å²) >= 11 is 5.44. The molecule has 1 fully saturated rings. The summed E-state index contributed by atoms with van der Waals surface area (Å²) < 4.78 is 27.4. The minimum atomic E-state index is -3.30. The molecule has 6 heteroatoms. The van der Waals surface area contributed by atoms with E-state index in [-0.39, 0.29) is 6.04 Å². The first-order chi connectivity index (χ1) is 6.58. The lowest BCUT2D eigenvalue weighted by Gasteiger charge is -2.32. The maximum absolute atomic E-state index is 11.7. The van der Waals surface area contributed by atoms with Crippen molar-refractivity contribution in [2.24, 2.45) is 0 Å². The monoisotopic (exact) mass is 240 g/mol. The van der Waals surface area contributed by atoms with Crippen molar-refractivity contribution in [1.82, 2.24) is 9.03 Å². The van der Waals surface area contributed by atoms with E-state index in [0.717, 1.165) is 19.3 Å². The molecule has 0 aromatic rings. The van der Waals surface area contributed by atoms with Crippen LogP contribution in [0.3, 0.4) is 0 Å². The van der Waals surface area contributed by atoms with Gasteiger partial charge in [0.05, 0.1) is 0 Å². The number of hydrogen-bond donors (Lipinski definition) is 1. The van der Waals surface area contributed by atoms with Crippen molar-refractivity contribution in [3.8, 4) is 0 Å². The van der Waals surface area contributed by atoms with Gasteiger partial charge in [0.2, 0.25) is 0 Å². The Labute approximate surface area is 90.8 Å². The van der Waals surface area contributed by atoms with Crippen LogP contribution in [0.4, 0.5) is 0 Å². The molecule has 1 aliphatic heterocycles. The van der Waals surface area contributed by atoms with E-state index in [1.54, 1.807) is 0 Å². The van der Waals surface area contributed by atoms with Gasteiger partial charge < -0.3 is 0 Å². The van der Waals surface area contributed by atoms with Crippen LogP contribution in [0, 0.1) is 0 Å². The second kappa shape index (κ2) is 5.30. The van der Waals surface area contributed by atoms with E-state index in [1.165, 1.54) is 4.31 Å². The topological polar surface area (TPSA) is 49.4 Å². The van der Waals surface area contributed by atoms with Crippen LogP contribution in [-0.2, 0) is 10.2 Å². The van der Waals surface area contributed by atoms with Crippen molar-refractivity contribution in [2.45, 2.75) is 32.2 Å². The Balaban J connectivity index is 2.60. The third kappa shape index (κ3) is 3.08. The number of nitrogens with one attached hydrogen (secondary N) is 1. The molecule has 14 heavy (non-hydrogen) atoms. The standard InChI is InChI=1S/C8H17ClN2O2S/c1-8-4-2-3-7-11(8)14(12,13)10-6-5-9/h8,10H,2-7H2,1H3. The summed E-state index contributed by atoms with van der Waals surface area (Å²) in [5.41, 5.74) is 0. The van der Waals surface area contributed by atoms with Crippen molar-refractivity contribution < 1.29 is 8.42 Å². The molecule has 4 nitrogen and oxygen atoms in total. The molecule has 84 valence electrons. The fourth-order valence-corrected chi connectivity index (χ4v) is 3.36. The molecular weight excluding hydrogens is 224 g/mol. The van der Waals surface area contributed by atoms with Crippen molar-refractivity contribution in [2.75, 3.05) is 19.0 Å². The number of alkyl halides is 1. The highest BCUT2D eigenvalue weighted by Gasteiger charge is 2.28. The summed E-state index contributed by atoms with van der Waals surface area (Å²) in [4.78, 5) is 0. The zero-order valence-corrected chi connectivity index (χ0v) is 9.94. The molecule has 0 aromatic carbocycles. The smallest absolute Gasteiger partial charge is 0.201 e. The van der Waals surface area contributed by atoms with Gasteiger partial charge in [-0.1, -0.05) is 6.42 Å². The van der Waals surface area contributed by atoms with E-state index in [9.17, 15) is 8.42 Å². The molecule has 0 spiro atoms. The highest BCUT2D eigenvalue weighted by atomic mass is 35.5. The number of hydrogen-bond acceptors (Lipinski definition) is 2. The Kier molecular flexibility index (Phi) is 4.63. The first kappa shape index (κ1) is 12.2. The minimum absolute atomic E-state index is 0.108. The van der Waals surface area contributed by atoms with Gasteiger partial charge in [-0.25, -0.2) is 4.72 Å². The van der Waals surface area contributed by atoms with Gasteiger partial charge in [0, 0.05) is 25.0 Å². The highest BCUT2D eigenvalue weighted by Crippen LogP contribution is 2.18. The Hall–Kier alpha value is 0.160. The van der Waals surface area contributed by atoms with Gasteiger partial charge in [0.1, 0.15) is 0 Å². The van der Waals surface area contributed by atoms with Crippen molar-refractivity contribution >= 4 is 21.8 Å². The summed E-state index contributed by atoms with van der Waals surface area (Å²) in [5.74, 6) is 0.307. The predicted octanol–water partition coefficient (Wildman–Crippen LogP) is 0.934. The van der Waals surface area contributed by atoms with Crippen LogP contribution in [0.2, 0.25) is 0 Å². The van der Waals surface area contributed by atoms with Crippen LogP contribution in [0.15, 0.2) is 0 Å². The molecular formula is C8H17ClN2O2S. The van der Waals surface area contributed by atoms with Crippen LogP contribution in [0.25, 0.3) is 0 Å². The minimum Gasteiger partial charge on any atom is -0.201 e. The average molecular weight is 241 g/mol. The van der Waals surface area contributed by atoms with Gasteiger partial charge in [-0.05, 0) is 19.8 Å². The lowest BCUT2D eigenvalue weighted by molar-refractivity contribution is 0.265. The lowest BCUT2D eigenvalue weighted by Crippen LogP contribution is -2.48. The van der Waals surface area contributed by atoms with Gasteiger partial charge in [-0.2, -0.15) is 12.7 Å². The molecule has 0 bridgehead atoms. The molecule has 1 saturated heterocycles. The van der Waals surface area contributed by atoms with Crippen molar-refractivity contribution in [3.63, 3.8) is 0 Å². The van der Waals surface area contributed by atoms with Crippen LogP contribution in [-0.4, -0.2) is 37.7 Å². The van der Waals surface area contributed by atoms with E-state index in [1.807, 2.05) is 6.92 Å². The molecule has 0 saturated carbocycles. The van der Waals surface area contributed by atoms with Crippen LogP contribution < -0.4 is 4.72 Å². The lowest BCUT2D eigenvalue weighted by atomic mass is 10.1. The van der Waals surface area contributed by atoms with E-state index in [0.29, 0.717) is 19.0 Å². The summed E-state index contributed by atoms with van der Waals surface area (Å²) in [5, 5.41) is 0. The number of nitrogens with zero attached hydrogens (tertiary/aromatic N) is 1. The van der Waals surface area contributed by atoms with Gasteiger partial charge in [0.25, 0.3) is 10.2 Å². The molecule has 1 unspecified atom stereocenters. The Morgan fingerprint density at radius 1 is 1.50 bits per heavy atom. The third-order valence-electron chi connectivity index (χ3n) is 2.43. The Morgan fingerprint density at radius 3 is 2.79 bits per heavy atom. The van der Waals surface area contributed by atoms with Crippen molar-refractivity contribution in [1.29, 1.82) is 0 Å². The first-order valence-corrected chi connectivity index (χ1v) is 6.88. The third-order valence-corrected chi connectivity index (χ3v) is 4.35. The summed E-state index contributed by atoms with van der Waals surface area (Å²) in [6.07, 6.45) is 3.01. The Bertz CT molecular complexity index is 269. The van der Waals surface area contributed by atoms with Gasteiger partial charge >= 0.3 is 0 Å². The summed E-state index contributed by atoms with van der Waals surface area (Å²) in [6.45, 7) is 2.87. The van der Waals surface area contributed by atoms with Crippen LogP contribution in [0.1, 0.15) is 26.2 Å². The zero-order chi connectivity index (χ0) is 10.6. The Morgan fingerprint density at radius 2 is 2.21 bits per heavy atom. The normalized spacial score (nSPS) is 25.1. The molecule has 0 aliphatic carbocycles. The van der Waals surface area contributed by atoms with E-state index in [4.69, 9.17) is 11.6 Å². The van der Waals surface area contributed by atoms with E-state index >= 15 is 0 Å². The number of halogens is 1. The number of rotatable bonds is 4. The fourth-order valence-electron chi connectivity index (χ4n) is 1.68. The molecule has 0 aromatic heterocycles. The maximum atomic E-state index is 11.7. The highest BCUT2D eigenvalue weighted by molar-refractivity contribution is 7.87.